The summed E-state index contributed by atoms with van der Waals surface area (Å²) in [5.74, 6) is 0.494. The zero-order valence-electron chi connectivity index (χ0n) is 8.38. The maximum Gasteiger partial charge on any atom is 0.223 e. The number of nitrogens with two attached hydrogens (primary N) is 1. The molecule has 2 rings (SSSR count). The number of halogens is 1. The third-order valence-electron chi connectivity index (χ3n) is 2.09. The summed E-state index contributed by atoms with van der Waals surface area (Å²) < 4.78 is 1.48. The molecule has 0 saturated carbocycles. The van der Waals surface area contributed by atoms with Gasteiger partial charge >= 0.3 is 0 Å². The van der Waals surface area contributed by atoms with Crippen LogP contribution in [-0.4, -0.2) is 26.0 Å². The van der Waals surface area contributed by atoms with E-state index in [2.05, 4.69) is 15.1 Å². The second-order valence-electron chi connectivity index (χ2n) is 3.12. The van der Waals surface area contributed by atoms with Gasteiger partial charge in [-0.3, -0.25) is 4.79 Å². The highest BCUT2D eigenvalue weighted by atomic mass is 35.5. The summed E-state index contributed by atoms with van der Waals surface area (Å²) in [6.45, 7) is 1.75. The number of aromatic nitrogens is 4. The second-order valence-corrected chi connectivity index (χ2v) is 3.51. The summed E-state index contributed by atoms with van der Waals surface area (Å²) in [4.78, 5) is 18.4. The number of anilines is 1. The predicted molar refractivity (Wildman–Crippen MR) is 58.7 cm³/mol. The minimum Gasteiger partial charge on any atom is -0.368 e. The van der Waals surface area contributed by atoms with Crippen LogP contribution >= 0.6 is 11.6 Å². The third-order valence-corrected chi connectivity index (χ3v) is 2.28. The second kappa shape index (κ2) is 3.90. The first-order chi connectivity index (χ1) is 7.61. The van der Waals surface area contributed by atoms with Gasteiger partial charge in [-0.1, -0.05) is 11.6 Å². The molecule has 16 heavy (non-hydrogen) atoms. The number of hydrogen-bond donors (Lipinski definition) is 1. The summed E-state index contributed by atoms with van der Waals surface area (Å²) in [5, 5.41) is 4.25. The fraction of sp³-hybridized carbons (Fsp3) is 0.111. The molecule has 2 heterocycles. The highest BCUT2D eigenvalue weighted by Gasteiger charge is 2.09. The van der Waals surface area contributed by atoms with Crippen LogP contribution in [-0.2, 0) is 0 Å². The van der Waals surface area contributed by atoms with Crippen molar-refractivity contribution in [2.24, 2.45) is 0 Å². The number of nitrogen functional groups attached to an aromatic ring is 1. The minimum atomic E-state index is 0.0602. The van der Waals surface area contributed by atoms with Crippen LogP contribution in [0.2, 0.25) is 5.15 Å². The van der Waals surface area contributed by atoms with E-state index in [0.29, 0.717) is 17.1 Å². The molecule has 6 nitrogen and oxygen atoms in total. The van der Waals surface area contributed by atoms with Crippen LogP contribution in [0, 0.1) is 6.92 Å². The zero-order chi connectivity index (χ0) is 11.7. The SMILES string of the molecule is Cc1c(C=O)cnn1-c1cc(Cl)nc(N)n1. The largest absolute Gasteiger partial charge is 0.368 e. The molecule has 0 aliphatic heterocycles. The van der Waals surface area contributed by atoms with Gasteiger partial charge in [0.25, 0.3) is 0 Å². The van der Waals surface area contributed by atoms with E-state index in [0.717, 1.165) is 6.29 Å². The lowest BCUT2D eigenvalue weighted by Gasteiger charge is -2.04. The van der Waals surface area contributed by atoms with Gasteiger partial charge in [-0.2, -0.15) is 10.1 Å². The summed E-state index contributed by atoms with van der Waals surface area (Å²) in [6, 6.07) is 1.52. The van der Waals surface area contributed by atoms with E-state index in [1.54, 1.807) is 6.92 Å². The van der Waals surface area contributed by atoms with Crippen molar-refractivity contribution >= 4 is 23.8 Å². The van der Waals surface area contributed by atoms with Crippen LogP contribution in [0.1, 0.15) is 16.1 Å². The molecular weight excluding hydrogens is 230 g/mol. The Morgan fingerprint density at radius 2 is 2.25 bits per heavy atom. The molecule has 0 amide bonds. The van der Waals surface area contributed by atoms with Crippen molar-refractivity contribution in [3.8, 4) is 5.82 Å². The number of carbonyl (C=O) groups excluding carboxylic acids is 1. The fourth-order valence-electron chi connectivity index (χ4n) is 1.30. The van der Waals surface area contributed by atoms with E-state index >= 15 is 0 Å². The number of rotatable bonds is 2. The van der Waals surface area contributed by atoms with Crippen LogP contribution in [0.3, 0.4) is 0 Å². The summed E-state index contributed by atoms with van der Waals surface area (Å²) in [5.41, 5.74) is 6.63. The molecule has 0 spiro atoms. The molecule has 0 fully saturated rings. The topological polar surface area (TPSA) is 86.7 Å². The molecule has 82 valence electrons. The average Bonchev–Trinajstić information content (AvgIpc) is 2.58. The first-order valence-corrected chi connectivity index (χ1v) is 4.80. The van der Waals surface area contributed by atoms with Gasteiger partial charge in [0.1, 0.15) is 5.15 Å². The van der Waals surface area contributed by atoms with E-state index in [1.165, 1.54) is 16.9 Å². The van der Waals surface area contributed by atoms with Crippen molar-refractivity contribution in [1.29, 1.82) is 0 Å². The number of hydrogen-bond acceptors (Lipinski definition) is 5. The molecule has 0 saturated heterocycles. The van der Waals surface area contributed by atoms with Gasteiger partial charge in [-0.25, -0.2) is 9.67 Å². The molecule has 0 atom stereocenters. The molecule has 2 aromatic rings. The van der Waals surface area contributed by atoms with Crippen LogP contribution in [0.4, 0.5) is 5.95 Å². The van der Waals surface area contributed by atoms with Crippen molar-refractivity contribution in [2.45, 2.75) is 6.92 Å². The van der Waals surface area contributed by atoms with Crippen molar-refractivity contribution in [3.63, 3.8) is 0 Å². The van der Waals surface area contributed by atoms with Gasteiger partial charge < -0.3 is 5.73 Å². The lowest BCUT2D eigenvalue weighted by molar-refractivity contribution is 0.112. The Kier molecular flexibility index (Phi) is 2.57. The quantitative estimate of drug-likeness (QED) is 0.622. The third kappa shape index (κ3) is 1.74. The van der Waals surface area contributed by atoms with Gasteiger partial charge in [0.15, 0.2) is 12.1 Å². The molecule has 0 bridgehead atoms. The fourth-order valence-corrected chi connectivity index (χ4v) is 1.48. The maximum absolute atomic E-state index is 10.7. The normalized spacial score (nSPS) is 10.4. The Morgan fingerprint density at radius 3 is 2.81 bits per heavy atom. The standard InChI is InChI=1S/C9H8ClN5O/c1-5-6(4-16)3-12-15(5)8-2-7(10)13-9(11)14-8/h2-4H,1H3,(H2,11,13,14). The van der Waals surface area contributed by atoms with Crippen molar-refractivity contribution < 1.29 is 4.79 Å². The molecule has 0 radical (unpaired) electrons. The van der Waals surface area contributed by atoms with Gasteiger partial charge in [0, 0.05) is 6.07 Å². The number of nitrogens with zero attached hydrogens (tertiary/aromatic N) is 4. The zero-order valence-corrected chi connectivity index (χ0v) is 9.14. The molecule has 2 N–H and O–H groups in total. The van der Waals surface area contributed by atoms with E-state index in [4.69, 9.17) is 17.3 Å². The van der Waals surface area contributed by atoms with Crippen molar-refractivity contribution in [1.82, 2.24) is 19.7 Å². The van der Waals surface area contributed by atoms with Gasteiger partial charge in [0.2, 0.25) is 5.95 Å². The van der Waals surface area contributed by atoms with Gasteiger partial charge in [-0.05, 0) is 6.92 Å². The average molecular weight is 238 g/mol. The number of aldehydes is 1. The molecular formula is C9H8ClN5O. The van der Waals surface area contributed by atoms with Crippen LogP contribution < -0.4 is 5.73 Å². The maximum atomic E-state index is 10.7. The molecule has 7 heteroatoms. The van der Waals surface area contributed by atoms with E-state index in [-0.39, 0.29) is 11.1 Å². The summed E-state index contributed by atoms with van der Waals surface area (Å²) in [6.07, 6.45) is 2.18. The van der Waals surface area contributed by atoms with E-state index in [1.807, 2.05) is 0 Å². The van der Waals surface area contributed by atoms with Crippen molar-refractivity contribution in [3.05, 3.63) is 28.7 Å². The Bertz CT molecular complexity index is 531. The smallest absolute Gasteiger partial charge is 0.223 e. The van der Waals surface area contributed by atoms with Gasteiger partial charge in [0.05, 0.1) is 17.5 Å². The molecule has 0 aromatic carbocycles. The lowest BCUT2D eigenvalue weighted by Crippen LogP contribution is -2.05. The first kappa shape index (κ1) is 10.6. The minimum absolute atomic E-state index is 0.0602. The van der Waals surface area contributed by atoms with E-state index < -0.39 is 0 Å². The lowest BCUT2D eigenvalue weighted by atomic mass is 10.3. The van der Waals surface area contributed by atoms with Crippen LogP contribution in [0.5, 0.6) is 0 Å². The van der Waals surface area contributed by atoms with Crippen LogP contribution in [0.15, 0.2) is 12.3 Å². The first-order valence-electron chi connectivity index (χ1n) is 4.42. The Morgan fingerprint density at radius 1 is 1.50 bits per heavy atom. The predicted octanol–water partition coefficient (Wildman–Crippen LogP) is 1.02. The number of carbonyl (C=O) groups is 1. The molecule has 0 unspecified atom stereocenters. The molecule has 2 aromatic heterocycles. The molecule has 0 aliphatic rings. The summed E-state index contributed by atoms with van der Waals surface area (Å²) >= 11 is 5.75. The molecule has 0 aliphatic carbocycles. The monoisotopic (exact) mass is 237 g/mol. The Balaban J connectivity index is 2.58. The Labute approximate surface area is 96.1 Å². The highest BCUT2D eigenvalue weighted by Crippen LogP contribution is 2.15. The Hall–Kier alpha value is -1.95. The highest BCUT2D eigenvalue weighted by molar-refractivity contribution is 6.29. The summed E-state index contributed by atoms with van der Waals surface area (Å²) in [7, 11) is 0. The van der Waals surface area contributed by atoms with E-state index in [9.17, 15) is 4.79 Å². The van der Waals surface area contributed by atoms with Gasteiger partial charge in [-0.15, -0.1) is 0 Å². The van der Waals surface area contributed by atoms with Crippen LogP contribution in [0.25, 0.3) is 5.82 Å². The van der Waals surface area contributed by atoms with Crippen molar-refractivity contribution in [2.75, 3.05) is 5.73 Å².